The highest BCUT2D eigenvalue weighted by Crippen LogP contribution is 2.49. The molecule has 0 N–H and O–H groups in total. The van der Waals surface area contributed by atoms with Gasteiger partial charge in [0.1, 0.15) is 29.5 Å². The van der Waals surface area contributed by atoms with Crippen LogP contribution in [0.5, 0.6) is 5.75 Å². The SMILES string of the molecule is COc1ccc(C(C)N2C(=O)c3cc(-c4cnn(C5CCCCO5)c4)ccc3C2(C)c2ncnc(Cl)c2F)cc1. The highest BCUT2D eigenvalue weighted by molar-refractivity contribution is 6.29. The van der Waals surface area contributed by atoms with Crippen molar-refractivity contribution in [2.24, 2.45) is 0 Å². The van der Waals surface area contributed by atoms with Gasteiger partial charge in [0.25, 0.3) is 5.91 Å². The molecular formula is C30H29ClFN5O3. The molecule has 1 saturated heterocycles. The van der Waals surface area contributed by atoms with E-state index in [1.165, 1.54) is 6.33 Å². The molecule has 1 fully saturated rings. The maximum Gasteiger partial charge on any atom is 0.255 e. The van der Waals surface area contributed by atoms with E-state index in [1.807, 2.05) is 60.3 Å². The lowest BCUT2D eigenvalue weighted by atomic mass is 9.85. The molecule has 2 aliphatic rings. The van der Waals surface area contributed by atoms with Gasteiger partial charge in [-0.1, -0.05) is 35.9 Å². The molecule has 40 heavy (non-hydrogen) atoms. The van der Waals surface area contributed by atoms with Crippen molar-refractivity contribution in [3.63, 3.8) is 0 Å². The maximum atomic E-state index is 15.5. The number of hydrogen-bond donors (Lipinski definition) is 0. The van der Waals surface area contributed by atoms with E-state index in [0.717, 1.165) is 42.6 Å². The van der Waals surface area contributed by atoms with Crippen LogP contribution < -0.4 is 4.74 Å². The van der Waals surface area contributed by atoms with Gasteiger partial charge in [-0.25, -0.2) is 19.0 Å². The molecule has 0 saturated carbocycles. The van der Waals surface area contributed by atoms with Crippen LogP contribution in [0.3, 0.4) is 0 Å². The number of methoxy groups -OCH3 is 1. The molecule has 0 radical (unpaired) electrons. The zero-order chi connectivity index (χ0) is 28.0. The topological polar surface area (TPSA) is 82.4 Å². The van der Waals surface area contributed by atoms with Gasteiger partial charge in [0.2, 0.25) is 0 Å². The summed E-state index contributed by atoms with van der Waals surface area (Å²) in [5.41, 5.74) is 2.45. The summed E-state index contributed by atoms with van der Waals surface area (Å²) in [5, 5.41) is 4.23. The van der Waals surface area contributed by atoms with Crippen LogP contribution in [0.25, 0.3) is 11.1 Å². The van der Waals surface area contributed by atoms with Gasteiger partial charge in [-0.2, -0.15) is 5.10 Å². The standard InChI is InChI=1S/C30H29ClFN5O3/c1-18(19-7-10-22(39-3)11-8-19)37-29(38)23-14-20(21-15-35-36(16-21)25-6-4-5-13-40-25)9-12-24(23)30(37,2)27-26(32)28(31)34-17-33-27/h7-12,14-18,25H,4-6,13H2,1-3H3. The van der Waals surface area contributed by atoms with Crippen LogP contribution in [-0.2, 0) is 10.3 Å². The second kappa shape index (κ2) is 10.3. The highest BCUT2D eigenvalue weighted by Gasteiger charge is 2.52. The van der Waals surface area contributed by atoms with E-state index in [1.54, 1.807) is 25.1 Å². The van der Waals surface area contributed by atoms with Gasteiger partial charge in [-0.3, -0.25) is 4.79 Å². The fraction of sp³-hybridized carbons (Fsp3) is 0.333. The molecule has 2 aromatic heterocycles. The van der Waals surface area contributed by atoms with Crippen LogP contribution >= 0.6 is 11.6 Å². The fourth-order valence-corrected chi connectivity index (χ4v) is 6.02. The lowest BCUT2D eigenvalue weighted by Crippen LogP contribution is -2.45. The first-order chi connectivity index (χ1) is 19.3. The minimum Gasteiger partial charge on any atom is -0.497 e. The molecule has 3 unspecified atom stereocenters. The highest BCUT2D eigenvalue weighted by atomic mass is 35.5. The van der Waals surface area contributed by atoms with Gasteiger partial charge in [-0.05, 0) is 68.0 Å². The summed E-state index contributed by atoms with van der Waals surface area (Å²) in [6, 6.07) is 12.7. The Labute approximate surface area is 236 Å². The third-order valence-corrected chi connectivity index (χ3v) is 8.32. The van der Waals surface area contributed by atoms with Crippen LogP contribution in [0, 0.1) is 5.82 Å². The molecule has 1 amide bonds. The summed E-state index contributed by atoms with van der Waals surface area (Å²) >= 11 is 6.10. The number of amides is 1. The van der Waals surface area contributed by atoms with Crippen LogP contribution in [0.4, 0.5) is 4.39 Å². The summed E-state index contributed by atoms with van der Waals surface area (Å²) in [4.78, 5) is 24.0. The number of carbonyl (C=O) groups excluding carboxylic acids is 1. The average Bonchev–Trinajstić information content (AvgIpc) is 3.56. The molecule has 0 spiro atoms. The number of aromatic nitrogens is 4. The molecule has 6 rings (SSSR count). The van der Waals surface area contributed by atoms with Crippen LogP contribution in [0.2, 0.25) is 5.15 Å². The minimum atomic E-state index is -1.25. The lowest BCUT2D eigenvalue weighted by molar-refractivity contribution is -0.0394. The van der Waals surface area contributed by atoms with E-state index in [4.69, 9.17) is 21.1 Å². The van der Waals surface area contributed by atoms with Gasteiger partial charge >= 0.3 is 0 Å². The molecule has 4 aromatic rings. The first-order valence-electron chi connectivity index (χ1n) is 13.3. The molecule has 3 atom stereocenters. The van der Waals surface area contributed by atoms with Gasteiger partial charge in [0, 0.05) is 23.9 Å². The summed E-state index contributed by atoms with van der Waals surface area (Å²) in [6.45, 7) is 4.44. The number of fused-ring (bicyclic) bond motifs is 1. The van der Waals surface area contributed by atoms with Crippen molar-refractivity contribution >= 4 is 17.5 Å². The van der Waals surface area contributed by atoms with Crippen molar-refractivity contribution in [2.45, 2.75) is 50.9 Å². The number of ether oxygens (including phenoxy) is 2. The number of rotatable bonds is 6. The quantitative estimate of drug-likeness (QED) is 0.256. The monoisotopic (exact) mass is 561 g/mol. The van der Waals surface area contributed by atoms with Crippen LogP contribution in [-0.4, -0.2) is 44.3 Å². The maximum absolute atomic E-state index is 15.5. The molecule has 8 nitrogen and oxygen atoms in total. The molecule has 0 bridgehead atoms. The second-order valence-corrected chi connectivity index (χ2v) is 10.7. The van der Waals surface area contributed by atoms with Crippen molar-refractivity contribution < 1.29 is 18.7 Å². The first-order valence-corrected chi connectivity index (χ1v) is 13.7. The van der Waals surface area contributed by atoms with E-state index < -0.39 is 17.4 Å². The van der Waals surface area contributed by atoms with E-state index >= 15 is 4.39 Å². The van der Waals surface area contributed by atoms with Crippen molar-refractivity contribution in [1.82, 2.24) is 24.6 Å². The number of hydrogen-bond acceptors (Lipinski definition) is 6. The Balaban J connectivity index is 1.45. The summed E-state index contributed by atoms with van der Waals surface area (Å²) in [5.74, 6) is -0.288. The summed E-state index contributed by atoms with van der Waals surface area (Å²) < 4.78 is 28.6. The Bertz CT molecular complexity index is 1570. The third-order valence-electron chi connectivity index (χ3n) is 8.05. The normalized spacial score (nSPS) is 21.4. The zero-order valence-electron chi connectivity index (χ0n) is 22.5. The Morgan fingerprint density at radius 3 is 2.67 bits per heavy atom. The van der Waals surface area contributed by atoms with Crippen LogP contribution in [0.15, 0.2) is 61.2 Å². The van der Waals surface area contributed by atoms with Gasteiger partial charge < -0.3 is 14.4 Å². The predicted octanol–water partition coefficient (Wildman–Crippen LogP) is 6.32. The molecule has 206 valence electrons. The minimum absolute atomic E-state index is 0.0370. The Kier molecular flexibility index (Phi) is 6.80. The molecular weight excluding hydrogens is 533 g/mol. The largest absolute Gasteiger partial charge is 0.497 e. The summed E-state index contributed by atoms with van der Waals surface area (Å²) in [7, 11) is 1.60. The first kappa shape index (κ1) is 26.4. The molecule has 2 aromatic carbocycles. The number of benzene rings is 2. The smallest absolute Gasteiger partial charge is 0.255 e. The Morgan fingerprint density at radius 2 is 1.95 bits per heavy atom. The summed E-state index contributed by atoms with van der Waals surface area (Å²) in [6.07, 6.45) is 7.91. The van der Waals surface area contributed by atoms with E-state index in [2.05, 4.69) is 15.1 Å². The second-order valence-electron chi connectivity index (χ2n) is 10.3. The molecule has 10 heteroatoms. The zero-order valence-corrected chi connectivity index (χ0v) is 23.2. The molecule has 4 heterocycles. The van der Waals surface area contributed by atoms with Gasteiger partial charge in [0.05, 0.1) is 19.3 Å². The number of carbonyl (C=O) groups is 1. The van der Waals surface area contributed by atoms with Crippen molar-refractivity contribution in [2.75, 3.05) is 13.7 Å². The number of nitrogens with zero attached hydrogens (tertiary/aromatic N) is 5. The van der Waals surface area contributed by atoms with E-state index in [0.29, 0.717) is 16.9 Å². The molecule has 2 aliphatic heterocycles. The van der Waals surface area contributed by atoms with Crippen molar-refractivity contribution in [3.8, 4) is 16.9 Å². The Hall–Kier alpha value is -3.82. The molecule has 0 aliphatic carbocycles. The van der Waals surface area contributed by atoms with Gasteiger partial charge in [0.15, 0.2) is 11.0 Å². The van der Waals surface area contributed by atoms with Crippen LogP contribution in [0.1, 0.15) is 72.6 Å². The number of halogens is 2. The lowest BCUT2D eigenvalue weighted by Gasteiger charge is -2.40. The van der Waals surface area contributed by atoms with Crippen molar-refractivity contribution in [3.05, 3.63) is 94.5 Å². The van der Waals surface area contributed by atoms with E-state index in [9.17, 15) is 4.79 Å². The Morgan fingerprint density at radius 1 is 1.15 bits per heavy atom. The van der Waals surface area contributed by atoms with Crippen molar-refractivity contribution in [1.29, 1.82) is 0 Å². The van der Waals surface area contributed by atoms with Gasteiger partial charge in [-0.15, -0.1) is 0 Å². The predicted molar refractivity (Wildman–Crippen MR) is 148 cm³/mol. The average molecular weight is 562 g/mol. The third kappa shape index (κ3) is 4.24. The van der Waals surface area contributed by atoms with E-state index in [-0.39, 0.29) is 23.0 Å². The fourth-order valence-electron chi connectivity index (χ4n) is 5.89.